The van der Waals surface area contributed by atoms with E-state index < -0.39 is 5.41 Å². The molecule has 32 heavy (non-hydrogen) atoms. The average Bonchev–Trinajstić information content (AvgIpc) is 2.77. The predicted molar refractivity (Wildman–Crippen MR) is 133 cm³/mol. The molecule has 0 amide bonds. The molecule has 0 aliphatic rings. The zero-order valence-electron chi connectivity index (χ0n) is 22.4. The van der Waals surface area contributed by atoms with Gasteiger partial charge in [-0.25, -0.2) is 0 Å². The number of carbonyl (C=O) groups excluding carboxylic acids is 1. The summed E-state index contributed by atoms with van der Waals surface area (Å²) in [6.07, 6.45) is 8.48. The number of aliphatic hydroxyl groups is 1. The average molecular weight is 455 g/mol. The van der Waals surface area contributed by atoms with Crippen molar-refractivity contribution >= 4 is 5.78 Å². The Morgan fingerprint density at radius 2 is 1.66 bits per heavy atom. The van der Waals surface area contributed by atoms with Crippen molar-refractivity contribution < 1.29 is 24.1 Å². The number of allylic oxidation sites excluding steroid dienone is 2. The maximum Gasteiger partial charge on any atom is 0.146 e. The largest absolute Gasteiger partial charge is 0.396 e. The number of methoxy groups -OCH3 is 3. The van der Waals surface area contributed by atoms with Crippen LogP contribution in [0, 0.1) is 17.3 Å². The third kappa shape index (κ3) is 9.46. The first-order valence-corrected chi connectivity index (χ1v) is 12.0. The number of rotatable bonds is 17. The van der Waals surface area contributed by atoms with Crippen LogP contribution in [-0.2, 0) is 19.0 Å². The van der Waals surface area contributed by atoms with Crippen molar-refractivity contribution in [2.75, 3.05) is 27.9 Å². The van der Waals surface area contributed by atoms with E-state index >= 15 is 0 Å². The van der Waals surface area contributed by atoms with E-state index in [-0.39, 0.29) is 42.5 Å². The molecule has 0 rings (SSSR count). The Morgan fingerprint density at radius 1 is 1.03 bits per heavy atom. The molecule has 5 atom stereocenters. The Bertz CT molecular complexity index is 593. The van der Waals surface area contributed by atoms with Crippen molar-refractivity contribution in [2.45, 2.75) is 98.9 Å². The van der Waals surface area contributed by atoms with E-state index in [0.717, 1.165) is 25.7 Å². The monoisotopic (exact) mass is 454 g/mol. The van der Waals surface area contributed by atoms with Crippen LogP contribution in [0.1, 0.15) is 80.6 Å². The van der Waals surface area contributed by atoms with E-state index in [1.165, 1.54) is 11.1 Å². The standard InChI is InChI=1S/C27H50O5/c1-11-20(3)23(30-8)16-15-19(2)13-12-14-21(4)25(32-10)22(5)26(29)27(6,7)24(31-9)17-18-28/h11,15,21-25,28H,12-14,16-18H2,1-10H3/b19-15?,20-11+. The molecule has 5 heteroatoms. The molecule has 0 saturated heterocycles. The highest BCUT2D eigenvalue weighted by Crippen LogP contribution is 2.33. The molecule has 0 heterocycles. The predicted octanol–water partition coefficient (Wildman–Crippen LogP) is 5.75. The Kier molecular flexibility index (Phi) is 15.3. The summed E-state index contributed by atoms with van der Waals surface area (Å²) in [7, 11) is 5.05. The van der Waals surface area contributed by atoms with Crippen molar-refractivity contribution in [3.8, 4) is 0 Å². The molecular formula is C27H50O5. The second-order valence-electron chi connectivity index (χ2n) is 9.72. The van der Waals surface area contributed by atoms with Crippen LogP contribution in [0.2, 0.25) is 0 Å². The molecule has 0 aliphatic heterocycles. The van der Waals surface area contributed by atoms with Gasteiger partial charge < -0.3 is 19.3 Å². The second kappa shape index (κ2) is 15.8. The van der Waals surface area contributed by atoms with Gasteiger partial charge in [0.05, 0.1) is 18.3 Å². The van der Waals surface area contributed by atoms with Crippen LogP contribution in [0.3, 0.4) is 0 Å². The number of aliphatic hydroxyl groups excluding tert-OH is 1. The van der Waals surface area contributed by atoms with Gasteiger partial charge in [-0.2, -0.15) is 0 Å². The molecule has 188 valence electrons. The van der Waals surface area contributed by atoms with Crippen LogP contribution >= 0.6 is 0 Å². The van der Waals surface area contributed by atoms with Gasteiger partial charge in [0, 0.05) is 39.3 Å². The van der Waals surface area contributed by atoms with Gasteiger partial charge in [-0.3, -0.25) is 4.79 Å². The van der Waals surface area contributed by atoms with E-state index in [2.05, 4.69) is 32.9 Å². The number of carbonyl (C=O) groups is 1. The van der Waals surface area contributed by atoms with Gasteiger partial charge >= 0.3 is 0 Å². The van der Waals surface area contributed by atoms with E-state index in [1.54, 1.807) is 21.3 Å². The summed E-state index contributed by atoms with van der Waals surface area (Å²) in [6, 6.07) is 0. The van der Waals surface area contributed by atoms with Gasteiger partial charge in [0.15, 0.2) is 0 Å². The molecular weight excluding hydrogens is 404 g/mol. The van der Waals surface area contributed by atoms with Crippen LogP contribution in [0.25, 0.3) is 0 Å². The maximum absolute atomic E-state index is 13.3. The molecule has 0 fully saturated rings. The zero-order chi connectivity index (χ0) is 24.9. The van der Waals surface area contributed by atoms with Crippen molar-refractivity contribution in [1.29, 1.82) is 0 Å². The Labute approximate surface area is 197 Å². The summed E-state index contributed by atoms with van der Waals surface area (Å²) in [5.74, 6) is 0.139. The van der Waals surface area contributed by atoms with Gasteiger partial charge in [-0.1, -0.05) is 45.4 Å². The van der Waals surface area contributed by atoms with Crippen LogP contribution < -0.4 is 0 Å². The van der Waals surface area contributed by atoms with Gasteiger partial charge in [0.1, 0.15) is 5.78 Å². The first-order valence-electron chi connectivity index (χ1n) is 12.0. The van der Waals surface area contributed by atoms with Gasteiger partial charge in [0.2, 0.25) is 0 Å². The fourth-order valence-corrected chi connectivity index (χ4v) is 4.65. The minimum atomic E-state index is -0.685. The van der Waals surface area contributed by atoms with E-state index in [9.17, 15) is 9.90 Å². The zero-order valence-corrected chi connectivity index (χ0v) is 22.4. The third-order valence-corrected chi connectivity index (χ3v) is 7.01. The van der Waals surface area contributed by atoms with Crippen molar-refractivity contribution in [1.82, 2.24) is 0 Å². The molecule has 0 spiro atoms. The summed E-state index contributed by atoms with van der Waals surface area (Å²) < 4.78 is 16.9. The van der Waals surface area contributed by atoms with Crippen molar-refractivity contribution in [3.63, 3.8) is 0 Å². The minimum Gasteiger partial charge on any atom is -0.396 e. The number of Topliss-reactive ketones (excluding diaryl/α,β-unsaturated/α-hetero) is 1. The Morgan fingerprint density at radius 3 is 2.12 bits per heavy atom. The summed E-state index contributed by atoms with van der Waals surface area (Å²) in [5, 5.41) is 9.33. The second-order valence-corrected chi connectivity index (χ2v) is 9.72. The molecule has 0 saturated carbocycles. The molecule has 0 aliphatic carbocycles. The maximum atomic E-state index is 13.3. The van der Waals surface area contributed by atoms with Gasteiger partial charge in [0.25, 0.3) is 0 Å². The van der Waals surface area contributed by atoms with Crippen LogP contribution in [-0.4, -0.2) is 57.1 Å². The van der Waals surface area contributed by atoms with Gasteiger partial charge in [-0.05, 0) is 64.4 Å². The topological polar surface area (TPSA) is 65.0 Å². The fraction of sp³-hybridized carbons (Fsp3) is 0.815. The highest BCUT2D eigenvalue weighted by Gasteiger charge is 2.42. The lowest BCUT2D eigenvalue weighted by Gasteiger charge is -2.37. The number of hydrogen-bond acceptors (Lipinski definition) is 5. The highest BCUT2D eigenvalue weighted by atomic mass is 16.5. The fourth-order valence-electron chi connectivity index (χ4n) is 4.65. The SMILES string of the molecule is C/C=C(\C)C(CC=C(C)CCCC(C)C(OC)C(C)C(=O)C(C)(C)C(CCO)OC)OC. The molecule has 1 N–H and O–H groups in total. The highest BCUT2D eigenvalue weighted by molar-refractivity contribution is 5.87. The van der Waals surface area contributed by atoms with Crippen LogP contribution in [0.15, 0.2) is 23.3 Å². The first kappa shape index (κ1) is 31.0. The molecule has 5 nitrogen and oxygen atoms in total. The molecule has 0 aromatic rings. The Balaban J connectivity index is 4.93. The quantitative estimate of drug-likeness (QED) is 0.283. The smallest absolute Gasteiger partial charge is 0.146 e. The van der Waals surface area contributed by atoms with Crippen molar-refractivity contribution in [2.24, 2.45) is 17.3 Å². The summed E-state index contributed by atoms with van der Waals surface area (Å²) in [4.78, 5) is 13.3. The molecule has 0 radical (unpaired) electrons. The molecule has 0 aromatic heterocycles. The van der Waals surface area contributed by atoms with Crippen LogP contribution in [0.5, 0.6) is 0 Å². The molecule has 0 aromatic carbocycles. The lowest BCUT2D eigenvalue weighted by atomic mass is 9.73. The number of hydrogen-bond donors (Lipinski definition) is 1. The van der Waals surface area contributed by atoms with E-state index in [0.29, 0.717) is 6.42 Å². The lowest BCUT2D eigenvalue weighted by Crippen LogP contribution is -2.46. The van der Waals surface area contributed by atoms with Crippen LogP contribution in [0.4, 0.5) is 0 Å². The normalized spacial score (nSPS) is 18.2. The van der Waals surface area contributed by atoms with E-state index in [1.807, 2.05) is 27.7 Å². The Hall–Kier alpha value is -1.01. The molecule has 0 bridgehead atoms. The lowest BCUT2D eigenvalue weighted by molar-refractivity contribution is -0.145. The van der Waals surface area contributed by atoms with E-state index in [4.69, 9.17) is 14.2 Å². The minimum absolute atomic E-state index is 0.00000358. The number of ether oxygens (including phenoxy) is 3. The first-order chi connectivity index (χ1) is 15.0. The summed E-state index contributed by atoms with van der Waals surface area (Å²) in [5.41, 5.74) is 1.94. The molecule has 5 unspecified atom stereocenters. The van der Waals surface area contributed by atoms with Crippen molar-refractivity contribution in [3.05, 3.63) is 23.3 Å². The number of ketones is 1. The third-order valence-electron chi connectivity index (χ3n) is 7.01. The summed E-state index contributed by atoms with van der Waals surface area (Å²) in [6.45, 7) is 14.3. The summed E-state index contributed by atoms with van der Waals surface area (Å²) >= 11 is 0. The van der Waals surface area contributed by atoms with Gasteiger partial charge in [-0.15, -0.1) is 0 Å².